The van der Waals surface area contributed by atoms with Crippen molar-refractivity contribution in [1.29, 1.82) is 5.26 Å². The Morgan fingerprint density at radius 2 is 1.39 bits per heavy atom. The molecule has 1 fully saturated rings. The molecular weight excluding hydrogens is 220 g/mol. The minimum Gasteiger partial charge on any atom is -0.286 e. The van der Waals surface area contributed by atoms with E-state index in [1.54, 1.807) is 0 Å². The van der Waals surface area contributed by atoms with Crippen LogP contribution in [0.4, 0.5) is 0 Å². The van der Waals surface area contributed by atoms with Gasteiger partial charge in [0.15, 0.2) is 0 Å². The zero-order chi connectivity index (χ0) is 13.6. The van der Waals surface area contributed by atoms with E-state index >= 15 is 0 Å². The lowest BCUT2D eigenvalue weighted by molar-refractivity contribution is 0.0974. The van der Waals surface area contributed by atoms with Crippen molar-refractivity contribution >= 4 is 0 Å². The summed E-state index contributed by atoms with van der Waals surface area (Å²) in [6, 6.07) is 2.70. The summed E-state index contributed by atoms with van der Waals surface area (Å²) in [5, 5.41) is 9.83. The van der Waals surface area contributed by atoms with Gasteiger partial charge in [0, 0.05) is 0 Å². The topological polar surface area (TPSA) is 27.0 Å². The molecule has 2 nitrogen and oxygen atoms in total. The molecule has 0 bridgehead atoms. The fourth-order valence-electron chi connectivity index (χ4n) is 3.35. The molecule has 1 aliphatic rings. The predicted octanol–water partition coefficient (Wildman–Crippen LogP) is 4.22. The summed E-state index contributed by atoms with van der Waals surface area (Å²) in [5.74, 6) is 1.18. The lowest BCUT2D eigenvalue weighted by Gasteiger charge is -2.40. The van der Waals surface area contributed by atoms with Crippen LogP contribution in [0.1, 0.15) is 66.2 Å². The quantitative estimate of drug-likeness (QED) is 0.730. The summed E-state index contributed by atoms with van der Waals surface area (Å²) in [4.78, 5) is 2.50. The maximum atomic E-state index is 9.83. The number of hydrogen-bond donors (Lipinski definition) is 0. The number of rotatable bonds is 5. The van der Waals surface area contributed by atoms with Gasteiger partial charge in [-0.25, -0.2) is 0 Å². The molecule has 0 aromatic heterocycles. The molecule has 0 aromatic rings. The predicted molar refractivity (Wildman–Crippen MR) is 77.3 cm³/mol. The standard InChI is InChI=1S/C16H30N2/c1-14(2)11-16(13-17,12-15(3)4)18-9-7-5-6-8-10-18/h14-15H,5-12H2,1-4H3. The number of nitrogens with zero attached hydrogens (tertiary/aromatic N) is 2. The summed E-state index contributed by atoms with van der Waals surface area (Å²) in [7, 11) is 0. The van der Waals surface area contributed by atoms with Crippen LogP contribution in [-0.4, -0.2) is 23.5 Å². The second kappa shape index (κ2) is 7.14. The first-order valence-corrected chi connectivity index (χ1v) is 7.66. The van der Waals surface area contributed by atoms with Crippen LogP contribution in [0.3, 0.4) is 0 Å². The zero-order valence-corrected chi connectivity index (χ0v) is 12.7. The van der Waals surface area contributed by atoms with Crippen LogP contribution in [0.15, 0.2) is 0 Å². The highest BCUT2D eigenvalue weighted by Crippen LogP contribution is 2.32. The highest BCUT2D eigenvalue weighted by Gasteiger charge is 2.38. The van der Waals surface area contributed by atoms with Crippen molar-refractivity contribution in [2.75, 3.05) is 13.1 Å². The largest absolute Gasteiger partial charge is 0.286 e. The molecule has 1 heterocycles. The van der Waals surface area contributed by atoms with E-state index in [9.17, 15) is 5.26 Å². The van der Waals surface area contributed by atoms with E-state index in [0.717, 1.165) is 25.9 Å². The fourth-order valence-corrected chi connectivity index (χ4v) is 3.35. The summed E-state index contributed by atoms with van der Waals surface area (Å²) < 4.78 is 0. The Labute approximate surface area is 113 Å². The Hall–Kier alpha value is -0.550. The molecule has 0 spiro atoms. The average molecular weight is 250 g/mol. The molecular formula is C16H30N2. The van der Waals surface area contributed by atoms with Gasteiger partial charge in [-0.05, 0) is 50.6 Å². The Bertz CT molecular complexity index is 257. The van der Waals surface area contributed by atoms with Crippen LogP contribution in [0.2, 0.25) is 0 Å². The minimum atomic E-state index is -0.216. The van der Waals surface area contributed by atoms with Gasteiger partial charge in [0.25, 0.3) is 0 Å². The molecule has 0 aliphatic carbocycles. The number of nitriles is 1. The third-order valence-electron chi connectivity index (χ3n) is 3.91. The first-order chi connectivity index (χ1) is 8.50. The maximum absolute atomic E-state index is 9.83. The van der Waals surface area contributed by atoms with Crippen molar-refractivity contribution < 1.29 is 0 Å². The van der Waals surface area contributed by atoms with Crippen molar-refractivity contribution in [2.24, 2.45) is 11.8 Å². The second-order valence-electron chi connectivity index (χ2n) is 6.74. The normalized spacial score (nSPS) is 18.9. The smallest absolute Gasteiger partial charge is 0.109 e. The van der Waals surface area contributed by atoms with Crippen molar-refractivity contribution in [3.05, 3.63) is 0 Å². The van der Waals surface area contributed by atoms with Gasteiger partial charge in [0.05, 0.1) is 6.07 Å². The first-order valence-electron chi connectivity index (χ1n) is 7.66. The maximum Gasteiger partial charge on any atom is 0.109 e. The molecule has 0 unspecified atom stereocenters. The molecule has 2 heteroatoms. The zero-order valence-electron chi connectivity index (χ0n) is 12.7. The monoisotopic (exact) mass is 250 g/mol. The van der Waals surface area contributed by atoms with E-state index in [1.165, 1.54) is 25.7 Å². The third kappa shape index (κ3) is 4.28. The molecule has 0 N–H and O–H groups in total. The van der Waals surface area contributed by atoms with E-state index < -0.39 is 0 Å². The van der Waals surface area contributed by atoms with Gasteiger partial charge in [0.1, 0.15) is 5.54 Å². The van der Waals surface area contributed by atoms with Crippen molar-refractivity contribution in [2.45, 2.75) is 71.8 Å². The number of likely N-dealkylation sites (tertiary alicyclic amines) is 1. The molecule has 1 rings (SSSR count). The summed E-state index contributed by atoms with van der Waals surface area (Å²) >= 11 is 0. The van der Waals surface area contributed by atoms with Gasteiger partial charge in [-0.15, -0.1) is 0 Å². The van der Waals surface area contributed by atoms with Crippen LogP contribution in [0.25, 0.3) is 0 Å². The highest BCUT2D eigenvalue weighted by molar-refractivity contribution is 5.09. The molecule has 1 aliphatic heterocycles. The van der Waals surface area contributed by atoms with Gasteiger partial charge in [-0.2, -0.15) is 5.26 Å². The lowest BCUT2D eigenvalue weighted by atomic mass is 9.81. The first kappa shape index (κ1) is 15.5. The summed E-state index contributed by atoms with van der Waals surface area (Å²) in [6.07, 6.45) is 7.23. The molecule has 0 radical (unpaired) electrons. The van der Waals surface area contributed by atoms with E-state index in [2.05, 4.69) is 38.7 Å². The van der Waals surface area contributed by atoms with Crippen LogP contribution < -0.4 is 0 Å². The SMILES string of the molecule is CC(C)CC(C#N)(CC(C)C)N1CCCCCC1. The van der Waals surface area contributed by atoms with Crippen molar-refractivity contribution in [3.8, 4) is 6.07 Å². The summed E-state index contributed by atoms with van der Waals surface area (Å²) in [5.41, 5.74) is -0.216. The fraction of sp³-hybridized carbons (Fsp3) is 0.938. The van der Waals surface area contributed by atoms with Crippen LogP contribution in [-0.2, 0) is 0 Å². The Morgan fingerprint density at radius 3 is 1.72 bits per heavy atom. The molecule has 104 valence electrons. The molecule has 1 saturated heterocycles. The molecule has 0 atom stereocenters. The van der Waals surface area contributed by atoms with E-state index in [4.69, 9.17) is 0 Å². The molecule has 0 aromatic carbocycles. The van der Waals surface area contributed by atoms with Gasteiger partial charge in [-0.1, -0.05) is 40.5 Å². The molecule has 0 saturated carbocycles. The van der Waals surface area contributed by atoms with Crippen LogP contribution >= 0.6 is 0 Å². The Kier molecular flexibility index (Phi) is 6.15. The Balaban J connectivity index is 2.88. The average Bonchev–Trinajstić information content (AvgIpc) is 2.55. The van der Waals surface area contributed by atoms with Crippen molar-refractivity contribution in [3.63, 3.8) is 0 Å². The van der Waals surface area contributed by atoms with E-state index in [-0.39, 0.29) is 5.54 Å². The van der Waals surface area contributed by atoms with Crippen molar-refractivity contribution in [1.82, 2.24) is 4.90 Å². The summed E-state index contributed by atoms with van der Waals surface area (Å²) in [6.45, 7) is 11.2. The molecule has 18 heavy (non-hydrogen) atoms. The van der Waals surface area contributed by atoms with Gasteiger partial charge >= 0.3 is 0 Å². The van der Waals surface area contributed by atoms with Crippen LogP contribution in [0.5, 0.6) is 0 Å². The highest BCUT2D eigenvalue weighted by atomic mass is 15.2. The van der Waals surface area contributed by atoms with Gasteiger partial charge in [0.2, 0.25) is 0 Å². The van der Waals surface area contributed by atoms with Gasteiger partial charge < -0.3 is 0 Å². The minimum absolute atomic E-state index is 0.216. The molecule has 0 amide bonds. The van der Waals surface area contributed by atoms with E-state index in [0.29, 0.717) is 11.8 Å². The Morgan fingerprint density at radius 1 is 0.944 bits per heavy atom. The van der Waals surface area contributed by atoms with Crippen LogP contribution in [0, 0.1) is 23.2 Å². The lowest BCUT2D eigenvalue weighted by Crippen LogP contribution is -2.50. The third-order valence-corrected chi connectivity index (χ3v) is 3.91. The van der Waals surface area contributed by atoms with Gasteiger partial charge in [-0.3, -0.25) is 4.90 Å². The number of hydrogen-bond acceptors (Lipinski definition) is 2. The second-order valence-corrected chi connectivity index (χ2v) is 6.74. The van der Waals surface area contributed by atoms with E-state index in [1.807, 2.05) is 0 Å².